The number of amides is 1. The van der Waals surface area contributed by atoms with E-state index in [2.05, 4.69) is 0 Å². The van der Waals surface area contributed by atoms with Gasteiger partial charge in [-0.15, -0.1) is 0 Å². The van der Waals surface area contributed by atoms with Crippen molar-refractivity contribution < 1.29 is 22.4 Å². The Balaban J connectivity index is 1.53. The van der Waals surface area contributed by atoms with Crippen molar-refractivity contribution in [2.45, 2.75) is 25.3 Å². The molecule has 4 aromatic rings. The number of carbonyl (C=O) groups is 1. The number of carbonyl (C=O) groups excluding carboxylic acids is 1. The molecule has 1 aliphatic rings. The standard InChI is InChI=1S/C27H22ClF3N2O2/c28-20-3-1-2-16(11-20)23-13-18(10-19-12-21(15-32)35-25(19)23)22-5-4-17(14-24(22)29)26(34)33-8-6-27(30,31)7-9-33/h1-5,10-14H,6-9,15,32H2. The normalized spacial score (nSPS) is 15.5. The molecule has 0 bridgehead atoms. The summed E-state index contributed by atoms with van der Waals surface area (Å²) in [7, 11) is 0. The topological polar surface area (TPSA) is 59.5 Å². The molecule has 0 saturated carbocycles. The lowest BCUT2D eigenvalue weighted by Gasteiger charge is -2.31. The molecule has 0 radical (unpaired) electrons. The fourth-order valence-electron chi connectivity index (χ4n) is 4.43. The quantitative estimate of drug-likeness (QED) is 0.333. The van der Waals surface area contributed by atoms with Gasteiger partial charge in [-0.3, -0.25) is 4.79 Å². The molecule has 2 heterocycles. The van der Waals surface area contributed by atoms with Crippen molar-refractivity contribution in [1.82, 2.24) is 4.90 Å². The maximum atomic E-state index is 15.3. The lowest BCUT2D eigenvalue weighted by atomic mass is 9.95. The second-order valence-corrected chi connectivity index (χ2v) is 9.15. The van der Waals surface area contributed by atoms with Crippen molar-refractivity contribution in [3.05, 3.63) is 82.8 Å². The minimum absolute atomic E-state index is 0.0567. The van der Waals surface area contributed by atoms with E-state index in [1.54, 1.807) is 18.2 Å². The highest BCUT2D eigenvalue weighted by molar-refractivity contribution is 6.30. The van der Waals surface area contributed by atoms with Gasteiger partial charge in [0.1, 0.15) is 17.2 Å². The zero-order valence-electron chi connectivity index (χ0n) is 18.7. The summed E-state index contributed by atoms with van der Waals surface area (Å²) in [6.07, 6.45) is -0.776. The van der Waals surface area contributed by atoms with E-state index in [0.29, 0.717) is 27.5 Å². The van der Waals surface area contributed by atoms with Gasteiger partial charge >= 0.3 is 0 Å². The highest BCUT2D eigenvalue weighted by atomic mass is 35.5. The van der Waals surface area contributed by atoms with Gasteiger partial charge in [-0.1, -0.05) is 29.8 Å². The highest BCUT2D eigenvalue weighted by Gasteiger charge is 2.35. The summed E-state index contributed by atoms with van der Waals surface area (Å²) < 4.78 is 48.1. The molecule has 35 heavy (non-hydrogen) atoms. The van der Waals surface area contributed by atoms with Crippen LogP contribution >= 0.6 is 11.6 Å². The molecular weight excluding hydrogens is 477 g/mol. The number of halogens is 4. The maximum absolute atomic E-state index is 15.3. The summed E-state index contributed by atoms with van der Waals surface area (Å²) in [5, 5.41) is 1.31. The van der Waals surface area contributed by atoms with Crippen molar-refractivity contribution in [2.75, 3.05) is 13.1 Å². The number of nitrogens with two attached hydrogens (primary N) is 1. The summed E-state index contributed by atoms with van der Waals surface area (Å²) in [6.45, 7) is 0.101. The fourth-order valence-corrected chi connectivity index (χ4v) is 4.63. The number of fused-ring (bicyclic) bond motifs is 1. The van der Waals surface area contributed by atoms with Crippen LogP contribution in [0.3, 0.4) is 0 Å². The molecule has 180 valence electrons. The molecule has 0 spiro atoms. The molecule has 0 aliphatic carbocycles. The number of likely N-dealkylation sites (tertiary alicyclic amines) is 1. The van der Waals surface area contributed by atoms with Crippen molar-refractivity contribution in [1.29, 1.82) is 0 Å². The number of hydrogen-bond donors (Lipinski definition) is 1. The van der Waals surface area contributed by atoms with Crippen molar-refractivity contribution in [3.8, 4) is 22.3 Å². The summed E-state index contributed by atoms with van der Waals surface area (Å²) in [6, 6.07) is 16.9. The molecule has 3 aromatic carbocycles. The average Bonchev–Trinajstić information content (AvgIpc) is 3.26. The molecule has 4 nitrogen and oxygen atoms in total. The van der Waals surface area contributed by atoms with Crippen LogP contribution in [0.1, 0.15) is 29.0 Å². The Bertz CT molecular complexity index is 1420. The van der Waals surface area contributed by atoms with Gasteiger partial charge in [0.25, 0.3) is 11.8 Å². The van der Waals surface area contributed by atoms with E-state index in [-0.39, 0.29) is 38.0 Å². The lowest BCUT2D eigenvalue weighted by Crippen LogP contribution is -2.42. The molecule has 1 amide bonds. The van der Waals surface area contributed by atoms with Crippen molar-refractivity contribution >= 4 is 28.5 Å². The van der Waals surface area contributed by atoms with Crippen LogP contribution in [0.5, 0.6) is 0 Å². The minimum Gasteiger partial charge on any atom is -0.459 e. The van der Waals surface area contributed by atoms with Gasteiger partial charge in [-0.05, 0) is 53.6 Å². The van der Waals surface area contributed by atoms with Crippen LogP contribution in [0.4, 0.5) is 13.2 Å². The second-order valence-electron chi connectivity index (χ2n) is 8.71. The number of nitrogens with zero attached hydrogens (tertiary/aromatic N) is 1. The number of piperidine rings is 1. The molecule has 0 unspecified atom stereocenters. The van der Waals surface area contributed by atoms with Crippen LogP contribution in [-0.2, 0) is 6.54 Å². The van der Waals surface area contributed by atoms with Crippen molar-refractivity contribution in [3.63, 3.8) is 0 Å². The summed E-state index contributed by atoms with van der Waals surface area (Å²) >= 11 is 6.20. The highest BCUT2D eigenvalue weighted by Crippen LogP contribution is 2.37. The largest absolute Gasteiger partial charge is 0.459 e. The van der Waals surface area contributed by atoms with E-state index >= 15 is 4.39 Å². The van der Waals surface area contributed by atoms with E-state index in [1.165, 1.54) is 17.0 Å². The van der Waals surface area contributed by atoms with Crippen LogP contribution < -0.4 is 5.73 Å². The number of furan rings is 1. The summed E-state index contributed by atoms with van der Waals surface area (Å²) in [5.74, 6) is -3.21. The Morgan fingerprint density at radius 2 is 1.77 bits per heavy atom. The summed E-state index contributed by atoms with van der Waals surface area (Å²) in [5.41, 5.74) is 8.93. The van der Waals surface area contributed by atoms with E-state index in [9.17, 15) is 13.6 Å². The van der Waals surface area contributed by atoms with Crippen LogP contribution in [0.25, 0.3) is 33.2 Å². The van der Waals surface area contributed by atoms with Gasteiger partial charge in [-0.25, -0.2) is 13.2 Å². The van der Waals surface area contributed by atoms with E-state index in [0.717, 1.165) is 22.6 Å². The third kappa shape index (κ3) is 4.66. The molecule has 8 heteroatoms. The monoisotopic (exact) mass is 498 g/mol. The molecule has 0 atom stereocenters. The third-order valence-corrected chi connectivity index (χ3v) is 6.55. The number of benzene rings is 3. The molecular formula is C27H22ClF3N2O2. The summed E-state index contributed by atoms with van der Waals surface area (Å²) in [4.78, 5) is 14.1. The van der Waals surface area contributed by atoms with Gasteiger partial charge in [0.15, 0.2) is 0 Å². The SMILES string of the molecule is NCc1cc2cc(-c3ccc(C(=O)N4CCC(F)(F)CC4)cc3F)cc(-c3cccc(Cl)c3)c2o1. The first kappa shape index (κ1) is 23.5. The molecule has 5 rings (SSSR count). The Hall–Kier alpha value is -3.29. The van der Waals surface area contributed by atoms with Gasteiger partial charge in [0.05, 0.1) is 6.54 Å². The smallest absolute Gasteiger partial charge is 0.253 e. The van der Waals surface area contributed by atoms with Crippen LogP contribution in [0, 0.1) is 5.82 Å². The Kier molecular flexibility index (Phi) is 6.07. The lowest BCUT2D eigenvalue weighted by molar-refractivity contribution is -0.0494. The van der Waals surface area contributed by atoms with Crippen LogP contribution in [0.2, 0.25) is 5.02 Å². The Labute approximate surface area is 205 Å². The molecule has 1 saturated heterocycles. The fraction of sp³-hybridized carbons (Fsp3) is 0.222. The average molecular weight is 499 g/mol. The van der Waals surface area contributed by atoms with E-state index in [1.807, 2.05) is 24.3 Å². The van der Waals surface area contributed by atoms with E-state index < -0.39 is 17.6 Å². The van der Waals surface area contributed by atoms with Crippen LogP contribution in [-0.4, -0.2) is 29.8 Å². The maximum Gasteiger partial charge on any atom is 0.253 e. The Morgan fingerprint density at radius 1 is 1.00 bits per heavy atom. The number of rotatable bonds is 4. The van der Waals surface area contributed by atoms with Crippen molar-refractivity contribution in [2.24, 2.45) is 5.73 Å². The van der Waals surface area contributed by atoms with Crippen LogP contribution in [0.15, 0.2) is 65.1 Å². The third-order valence-electron chi connectivity index (χ3n) is 6.31. The zero-order chi connectivity index (χ0) is 24.7. The van der Waals surface area contributed by atoms with Gasteiger partial charge in [-0.2, -0.15) is 0 Å². The van der Waals surface area contributed by atoms with Gasteiger partial charge in [0, 0.05) is 53.0 Å². The van der Waals surface area contributed by atoms with E-state index in [4.69, 9.17) is 21.8 Å². The zero-order valence-corrected chi connectivity index (χ0v) is 19.4. The Morgan fingerprint density at radius 3 is 2.46 bits per heavy atom. The van der Waals surface area contributed by atoms with Gasteiger partial charge < -0.3 is 15.1 Å². The van der Waals surface area contributed by atoms with Gasteiger partial charge in [0.2, 0.25) is 0 Å². The molecule has 2 N–H and O–H groups in total. The minimum atomic E-state index is -2.76. The predicted octanol–water partition coefficient (Wildman–Crippen LogP) is 6.89. The molecule has 1 aliphatic heterocycles. The number of hydrogen-bond acceptors (Lipinski definition) is 3. The second kappa shape index (κ2) is 9.06. The first-order chi connectivity index (χ1) is 16.7. The molecule has 1 fully saturated rings. The first-order valence-electron chi connectivity index (χ1n) is 11.2. The first-order valence-corrected chi connectivity index (χ1v) is 11.6. The number of alkyl halides is 2. The predicted molar refractivity (Wildman–Crippen MR) is 130 cm³/mol. The molecule has 1 aromatic heterocycles.